The summed E-state index contributed by atoms with van der Waals surface area (Å²) >= 11 is 0. The molecule has 1 aromatic carbocycles. The fourth-order valence-corrected chi connectivity index (χ4v) is 5.31. The molecule has 220 valence electrons. The first-order chi connectivity index (χ1) is 19.7. The molecule has 2 fully saturated rings. The van der Waals surface area contributed by atoms with Crippen LogP contribution in [0.5, 0.6) is 0 Å². The summed E-state index contributed by atoms with van der Waals surface area (Å²) in [7, 11) is 1.33. The van der Waals surface area contributed by atoms with Crippen LogP contribution in [0.25, 0.3) is 0 Å². The fourth-order valence-electron chi connectivity index (χ4n) is 5.31. The van der Waals surface area contributed by atoms with Crippen molar-refractivity contribution in [3.63, 3.8) is 0 Å². The minimum absolute atomic E-state index is 0.0117. The minimum atomic E-state index is -3.25. The second-order valence-electron chi connectivity index (χ2n) is 10.8. The normalized spacial score (nSPS) is 21.5. The van der Waals surface area contributed by atoms with E-state index < -0.39 is 36.4 Å². The molecule has 0 radical (unpaired) electrons. The highest BCUT2D eigenvalue weighted by Crippen LogP contribution is 2.34. The van der Waals surface area contributed by atoms with Crippen LogP contribution in [0.3, 0.4) is 0 Å². The number of benzene rings is 1. The Balaban J connectivity index is 1.12. The molecule has 3 N–H and O–H groups in total. The number of aliphatic hydroxyl groups excluding tert-OH is 1. The Labute approximate surface area is 237 Å². The zero-order valence-electron chi connectivity index (χ0n) is 22.9. The molecule has 2 unspecified atom stereocenters. The van der Waals surface area contributed by atoms with Crippen molar-refractivity contribution < 1.29 is 28.3 Å². The van der Waals surface area contributed by atoms with E-state index in [1.54, 1.807) is 0 Å². The van der Waals surface area contributed by atoms with Crippen LogP contribution < -0.4 is 10.6 Å². The summed E-state index contributed by atoms with van der Waals surface area (Å²) < 4.78 is 30.2. The van der Waals surface area contributed by atoms with E-state index in [2.05, 4.69) is 42.8 Å². The minimum Gasteiger partial charge on any atom is -0.399 e. The van der Waals surface area contributed by atoms with E-state index in [4.69, 9.17) is 4.84 Å². The summed E-state index contributed by atoms with van der Waals surface area (Å²) in [5, 5.41) is 19.7. The van der Waals surface area contributed by atoms with E-state index in [9.17, 15) is 14.7 Å². The van der Waals surface area contributed by atoms with Crippen molar-refractivity contribution in [2.75, 3.05) is 45.2 Å². The number of alkyl halides is 2. The Morgan fingerprint density at radius 1 is 1.20 bits per heavy atom. The van der Waals surface area contributed by atoms with E-state index >= 15 is 8.78 Å². The molecule has 2 aromatic rings. The molecule has 0 bridgehead atoms. The summed E-state index contributed by atoms with van der Waals surface area (Å²) in [5.41, 5.74) is 2.73. The van der Waals surface area contributed by atoms with E-state index in [1.165, 1.54) is 24.3 Å². The number of anilines is 1. The van der Waals surface area contributed by atoms with Crippen molar-refractivity contribution >= 4 is 23.3 Å². The van der Waals surface area contributed by atoms with Gasteiger partial charge < -0.3 is 25.5 Å². The first-order valence-corrected chi connectivity index (χ1v) is 13.9. The second-order valence-corrected chi connectivity index (χ2v) is 10.8. The SMILES string of the molecule is CON=C(C(=O)N1CCC(Nc2cc(C(=O)NCC(O)CN3CCc4ccccc4C3)ncn2)C(F)(F)C1)C1CC1. The fraction of sp³-hybridized carbons (Fsp3) is 0.536. The molecule has 3 aliphatic rings. The number of rotatable bonds is 10. The third-order valence-electron chi connectivity index (χ3n) is 7.66. The van der Waals surface area contributed by atoms with Crippen LogP contribution in [0.15, 0.2) is 41.8 Å². The first-order valence-electron chi connectivity index (χ1n) is 13.9. The lowest BCUT2D eigenvalue weighted by Crippen LogP contribution is -2.57. The number of β-amino-alcohol motifs (C(OH)–C–C–N with tert-alkyl or cyclic N) is 1. The van der Waals surface area contributed by atoms with Crippen molar-refractivity contribution in [1.29, 1.82) is 0 Å². The quantitative estimate of drug-likeness (QED) is 0.290. The zero-order valence-corrected chi connectivity index (χ0v) is 22.9. The van der Waals surface area contributed by atoms with Crippen molar-refractivity contribution in [2.45, 2.75) is 50.3 Å². The molecule has 1 saturated heterocycles. The van der Waals surface area contributed by atoms with E-state index in [0.717, 1.165) is 43.6 Å². The molecule has 2 amide bonds. The number of hydrogen-bond donors (Lipinski definition) is 3. The van der Waals surface area contributed by atoms with Gasteiger partial charge in [0.1, 0.15) is 30.7 Å². The highest BCUT2D eigenvalue weighted by Gasteiger charge is 2.48. The maximum absolute atomic E-state index is 15.1. The van der Waals surface area contributed by atoms with Gasteiger partial charge in [-0.15, -0.1) is 0 Å². The number of nitrogens with one attached hydrogen (secondary N) is 2. The smallest absolute Gasteiger partial charge is 0.285 e. The molecule has 1 aromatic heterocycles. The molecule has 1 aliphatic carbocycles. The predicted octanol–water partition coefficient (Wildman–Crippen LogP) is 1.69. The lowest BCUT2D eigenvalue weighted by molar-refractivity contribution is -0.136. The number of aliphatic hydroxyl groups is 1. The molecule has 5 rings (SSSR count). The molecule has 0 spiro atoms. The van der Waals surface area contributed by atoms with Gasteiger partial charge in [-0.05, 0) is 36.8 Å². The standard InChI is InChI=1S/C28H35F2N7O4/c1-41-35-25(19-6-7-19)27(40)37-11-9-23(28(29,30)16-37)34-24-12-22(32-17-33-24)26(39)31-13-21(38)15-36-10-8-18-4-2-3-5-20(18)14-36/h2-5,12,17,19,21,23,38H,6-11,13-16H2,1H3,(H,31,39)(H,32,33,34). The second kappa shape index (κ2) is 12.4. The first kappa shape index (κ1) is 28.8. The van der Waals surface area contributed by atoms with Gasteiger partial charge in [0.15, 0.2) is 0 Å². The number of amides is 2. The average molecular weight is 572 g/mol. The van der Waals surface area contributed by atoms with Gasteiger partial charge in [-0.25, -0.2) is 18.7 Å². The van der Waals surface area contributed by atoms with Gasteiger partial charge in [-0.2, -0.15) is 0 Å². The molecule has 3 heterocycles. The Kier molecular flexibility index (Phi) is 8.74. The van der Waals surface area contributed by atoms with Crippen LogP contribution in [0.4, 0.5) is 14.6 Å². The van der Waals surface area contributed by atoms with Gasteiger partial charge in [0.05, 0.1) is 18.7 Å². The number of carbonyl (C=O) groups excluding carboxylic acids is 2. The average Bonchev–Trinajstić information content (AvgIpc) is 3.81. The lowest BCUT2D eigenvalue weighted by Gasteiger charge is -2.38. The maximum Gasteiger partial charge on any atom is 0.285 e. The van der Waals surface area contributed by atoms with Crippen molar-refractivity contribution in [3.8, 4) is 0 Å². The van der Waals surface area contributed by atoms with Gasteiger partial charge in [-0.1, -0.05) is 29.4 Å². The summed E-state index contributed by atoms with van der Waals surface area (Å²) in [6.07, 6.45) is 2.80. The molecule has 1 saturated carbocycles. The number of carbonyl (C=O) groups is 2. The van der Waals surface area contributed by atoms with Crippen LogP contribution in [-0.2, 0) is 22.6 Å². The van der Waals surface area contributed by atoms with Crippen LogP contribution in [0, 0.1) is 5.92 Å². The predicted molar refractivity (Wildman–Crippen MR) is 147 cm³/mol. The Bertz CT molecular complexity index is 1290. The molecule has 41 heavy (non-hydrogen) atoms. The topological polar surface area (TPSA) is 132 Å². The lowest BCUT2D eigenvalue weighted by atomic mass is 9.99. The molecule has 13 heteroatoms. The van der Waals surface area contributed by atoms with Crippen molar-refractivity contribution in [1.82, 2.24) is 25.1 Å². The van der Waals surface area contributed by atoms with E-state index in [0.29, 0.717) is 6.54 Å². The van der Waals surface area contributed by atoms with Gasteiger partial charge in [-0.3, -0.25) is 14.5 Å². The molecule has 11 nitrogen and oxygen atoms in total. The number of oxime groups is 1. The van der Waals surface area contributed by atoms with Gasteiger partial charge in [0.2, 0.25) is 0 Å². The largest absolute Gasteiger partial charge is 0.399 e. The summed E-state index contributed by atoms with van der Waals surface area (Å²) in [4.78, 5) is 41.5. The van der Waals surface area contributed by atoms with E-state index in [1.807, 2.05) is 12.1 Å². The van der Waals surface area contributed by atoms with Crippen LogP contribution in [0.1, 0.15) is 40.9 Å². The number of fused-ring (bicyclic) bond motifs is 1. The monoisotopic (exact) mass is 571 g/mol. The van der Waals surface area contributed by atoms with Crippen LogP contribution in [-0.4, -0.2) is 100 Å². The summed E-state index contributed by atoms with van der Waals surface area (Å²) in [6.45, 7) is 1.33. The zero-order chi connectivity index (χ0) is 29.0. The summed E-state index contributed by atoms with van der Waals surface area (Å²) in [5.74, 6) is -4.29. The number of likely N-dealkylation sites (tertiary alicyclic amines) is 1. The summed E-state index contributed by atoms with van der Waals surface area (Å²) in [6, 6.07) is 8.22. The third kappa shape index (κ3) is 7.14. The van der Waals surface area contributed by atoms with Crippen LogP contribution in [0.2, 0.25) is 0 Å². The van der Waals surface area contributed by atoms with Crippen LogP contribution >= 0.6 is 0 Å². The number of nitrogens with zero attached hydrogens (tertiary/aromatic N) is 5. The third-order valence-corrected chi connectivity index (χ3v) is 7.66. The van der Waals surface area contributed by atoms with E-state index in [-0.39, 0.29) is 42.7 Å². The van der Waals surface area contributed by atoms with Gasteiger partial charge >= 0.3 is 0 Å². The molecule has 2 atom stereocenters. The molecular weight excluding hydrogens is 536 g/mol. The number of hydrogen-bond acceptors (Lipinski definition) is 9. The number of aromatic nitrogens is 2. The number of halogens is 2. The number of piperidine rings is 1. The maximum atomic E-state index is 15.1. The molecule has 2 aliphatic heterocycles. The Hall–Kier alpha value is -3.71. The van der Waals surface area contributed by atoms with Crippen molar-refractivity contribution in [2.24, 2.45) is 11.1 Å². The Morgan fingerprint density at radius 2 is 1.98 bits per heavy atom. The van der Waals surface area contributed by atoms with Gasteiger partial charge in [0.25, 0.3) is 17.7 Å². The highest BCUT2D eigenvalue weighted by molar-refractivity contribution is 6.40. The molecular formula is C28H35F2N7O4. The highest BCUT2D eigenvalue weighted by atomic mass is 19.3. The Morgan fingerprint density at radius 3 is 2.71 bits per heavy atom. The van der Waals surface area contributed by atoms with Gasteiger partial charge in [0, 0.05) is 44.7 Å². The van der Waals surface area contributed by atoms with Crippen molar-refractivity contribution in [3.05, 3.63) is 53.5 Å².